The van der Waals surface area contributed by atoms with E-state index in [1.807, 2.05) is 35.2 Å². The topological polar surface area (TPSA) is 64.3 Å². The minimum atomic E-state index is 0.0625. The summed E-state index contributed by atoms with van der Waals surface area (Å²) >= 11 is 0. The molecule has 0 aliphatic carbocycles. The van der Waals surface area contributed by atoms with Gasteiger partial charge in [0.25, 0.3) is 5.91 Å². The van der Waals surface area contributed by atoms with Crippen LogP contribution in [0.1, 0.15) is 35.2 Å². The number of piperidine rings is 1. The minimum Gasteiger partial charge on any atom is -0.508 e. The molecule has 2 aromatic carbocycles. The van der Waals surface area contributed by atoms with E-state index in [9.17, 15) is 9.90 Å². The smallest absolute Gasteiger partial charge is 0.253 e. The molecule has 0 aromatic heterocycles. The zero-order chi connectivity index (χ0) is 16.2. The predicted molar refractivity (Wildman–Crippen MR) is 88.0 cm³/mol. The summed E-state index contributed by atoms with van der Waals surface area (Å²) in [6, 6.07) is 14.1. The molecule has 1 heterocycles. The second-order valence-electron chi connectivity index (χ2n) is 5.81. The van der Waals surface area contributed by atoms with Gasteiger partial charge in [-0.05, 0) is 60.7 Å². The molecule has 0 spiro atoms. The number of aromatic hydroxyl groups is 1. The highest BCUT2D eigenvalue weighted by Crippen LogP contribution is 2.26. The van der Waals surface area contributed by atoms with Gasteiger partial charge in [-0.1, -0.05) is 12.1 Å². The number of phenolic OH excluding ortho intramolecular Hbond substituents is 1. The van der Waals surface area contributed by atoms with Crippen LogP contribution in [0.2, 0.25) is 0 Å². The van der Waals surface area contributed by atoms with Gasteiger partial charge in [0.2, 0.25) is 0 Å². The molecule has 0 atom stereocenters. The molecule has 1 saturated heterocycles. The summed E-state index contributed by atoms with van der Waals surface area (Å²) in [5, 5.41) is 18.7. The number of rotatable bonds is 2. The summed E-state index contributed by atoms with van der Waals surface area (Å²) < 4.78 is 0. The maximum absolute atomic E-state index is 12.4. The van der Waals surface area contributed by atoms with Crippen LogP contribution in [0, 0.1) is 11.3 Å². The Morgan fingerprint density at radius 2 is 1.70 bits per heavy atom. The average Bonchev–Trinajstić information content (AvgIpc) is 2.61. The third kappa shape index (κ3) is 3.35. The van der Waals surface area contributed by atoms with Gasteiger partial charge in [-0.2, -0.15) is 5.26 Å². The van der Waals surface area contributed by atoms with Gasteiger partial charge in [-0.25, -0.2) is 0 Å². The number of nitrogens with zero attached hydrogens (tertiary/aromatic N) is 2. The van der Waals surface area contributed by atoms with E-state index < -0.39 is 0 Å². The fourth-order valence-corrected chi connectivity index (χ4v) is 2.93. The molecule has 116 valence electrons. The van der Waals surface area contributed by atoms with Crippen LogP contribution in [0.25, 0.3) is 11.1 Å². The van der Waals surface area contributed by atoms with Crippen molar-refractivity contribution in [2.75, 3.05) is 13.1 Å². The highest BCUT2D eigenvalue weighted by molar-refractivity contribution is 5.94. The van der Waals surface area contributed by atoms with Crippen LogP contribution in [-0.4, -0.2) is 29.0 Å². The molecule has 0 saturated carbocycles. The Bertz CT molecular complexity index is 754. The van der Waals surface area contributed by atoms with Gasteiger partial charge in [0, 0.05) is 18.7 Å². The van der Waals surface area contributed by atoms with E-state index in [2.05, 4.69) is 0 Å². The maximum Gasteiger partial charge on any atom is 0.253 e. The van der Waals surface area contributed by atoms with Crippen molar-refractivity contribution in [1.29, 1.82) is 5.26 Å². The Morgan fingerprint density at radius 1 is 1.00 bits per heavy atom. The first kappa shape index (κ1) is 15.1. The third-order valence-corrected chi connectivity index (χ3v) is 4.16. The lowest BCUT2D eigenvalue weighted by atomic mass is 10.0. The summed E-state index contributed by atoms with van der Waals surface area (Å²) in [6.45, 7) is 1.66. The average molecular weight is 306 g/mol. The Kier molecular flexibility index (Phi) is 4.29. The summed E-state index contributed by atoms with van der Waals surface area (Å²) in [6.07, 6.45) is 3.34. The summed E-state index contributed by atoms with van der Waals surface area (Å²) in [5.41, 5.74) is 2.72. The van der Waals surface area contributed by atoms with Crippen molar-refractivity contribution >= 4 is 5.91 Å². The van der Waals surface area contributed by atoms with Crippen LogP contribution in [-0.2, 0) is 0 Å². The van der Waals surface area contributed by atoms with Crippen LogP contribution >= 0.6 is 0 Å². The second-order valence-corrected chi connectivity index (χ2v) is 5.81. The van der Waals surface area contributed by atoms with Crippen LogP contribution < -0.4 is 0 Å². The van der Waals surface area contributed by atoms with Crippen molar-refractivity contribution in [3.8, 4) is 22.9 Å². The Labute approximate surface area is 135 Å². The zero-order valence-corrected chi connectivity index (χ0v) is 12.8. The molecule has 0 unspecified atom stereocenters. The minimum absolute atomic E-state index is 0.0625. The standard InChI is InChI=1S/C19H18N2O2/c20-13-14-10-17(12-18(22)11-14)15-4-6-16(7-5-15)19(23)21-8-2-1-3-9-21/h4-7,10-12,22H,1-3,8-9H2. The lowest BCUT2D eigenvalue weighted by Gasteiger charge is -2.26. The number of hydrogen-bond donors (Lipinski definition) is 1. The van der Waals surface area contributed by atoms with E-state index in [0.717, 1.165) is 37.1 Å². The fourth-order valence-electron chi connectivity index (χ4n) is 2.93. The van der Waals surface area contributed by atoms with Gasteiger partial charge in [-0.3, -0.25) is 4.79 Å². The number of carbonyl (C=O) groups is 1. The largest absolute Gasteiger partial charge is 0.508 e. The highest BCUT2D eigenvalue weighted by Gasteiger charge is 2.18. The highest BCUT2D eigenvalue weighted by atomic mass is 16.3. The molecule has 0 radical (unpaired) electrons. The number of nitriles is 1. The van der Waals surface area contributed by atoms with Gasteiger partial charge in [-0.15, -0.1) is 0 Å². The van der Waals surface area contributed by atoms with Crippen LogP contribution in [0.4, 0.5) is 0 Å². The van der Waals surface area contributed by atoms with Gasteiger partial charge in [0.1, 0.15) is 5.75 Å². The molecule has 1 N–H and O–H groups in total. The van der Waals surface area contributed by atoms with Gasteiger partial charge in [0.15, 0.2) is 0 Å². The molecule has 4 nitrogen and oxygen atoms in total. The molecular weight excluding hydrogens is 288 g/mol. The van der Waals surface area contributed by atoms with Gasteiger partial charge < -0.3 is 10.0 Å². The first-order valence-electron chi connectivity index (χ1n) is 7.81. The third-order valence-electron chi connectivity index (χ3n) is 4.16. The zero-order valence-electron chi connectivity index (χ0n) is 12.8. The van der Waals surface area contributed by atoms with Gasteiger partial charge >= 0.3 is 0 Å². The van der Waals surface area contributed by atoms with Gasteiger partial charge in [0.05, 0.1) is 11.6 Å². The van der Waals surface area contributed by atoms with E-state index >= 15 is 0 Å². The molecule has 0 bridgehead atoms. The number of phenols is 1. The maximum atomic E-state index is 12.4. The molecule has 2 aromatic rings. The van der Waals surface area contributed by atoms with Crippen molar-refractivity contribution in [3.05, 3.63) is 53.6 Å². The number of carbonyl (C=O) groups excluding carboxylic acids is 1. The number of amides is 1. The van der Waals surface area contributed by atoms with Crippen LogP contribution in [0.15, 0.2) is 42.5 Å². The predicted octanol–water partition coefficient (Wildman–Crippen LogP) is 3.56. The van der Waals surface area contributed by atoms with E-state index in [0.29, 0.717) is 11.1 Å². The van der Waals surface area contributed by atoms with Crippen LogP contribution in [0.3, 0.4) is 0 Å². The lowest BCUT2D eigenvalue weighted by Crippen LogP contribution is -2.35. The van der Waals surface area contributed by atoms with Crippen molar-refractivity contribution in [2.45, 2.75) is 19.3 Å². The number of benzene rings is 2. The van der Waals surface area contributed by atoms with E-state index in [-0.39, 0.29) is 11.7 Å². The summed E-state index contributed by atoms with van der Waals surface area (Å²) in [7, 11) is 0. The Balaban J connectivity index is 1.83. The monoisotopic (exact) mass is 306 g/mol. The van der Waals surface area contributed by atoms with E-state index in [1.54, 1.807) is 12.1 Å². The molecule has 1 aliphatic heterocycles. The Morgan fingerprint density at radius 3 is 2.35 bits per heavy atom. The SMILES string of the molecule is N#Cc1cc(O)cc(-c2ccc(C(=O)N3CCCCC3)cc2)c1. The Hall–Kier alpha value is -2.80. The van der Waals surface area contributed by atoms with E-state index in [4.69, 9.17) is 5.26 Å². The fraction of sp³-hybridized carbons (Fsp3) is 0.263. The number of hydrogen-bond acceptors (Lipinski definition) is 3. The second kappa shape index (κ2) is 6.53. The molecule has 1 amide bonds. The lowest BCUT2D eigenvalue weighted by molar-refractivity contribution is 0.0724. The van der Waals surface area contributed by atoms with Crippen LogP contribution in [0.5, 0.6) is 5.75 Å². The summed E-state index contributed by atoms with van der Waals surface area (Å²) in [5.74, 6) is 0.136. The summed E-state index contributed by atoms with van der Waals surface area (Å²) in [4.78, 5) is 14.3. The molecule has 4 heteroatoms. The molecule has 1 aliphatic rings. The molecular formula is C19H18N2O2. The first-order chi connectivity index (χ1) is 11.2. The van der Waals surface area contributed by atoms with Crippen molar-refractivity contribution in [2.24, 2.45) is 0 Å². The quantitative estimate of drug-likeness (QED) is 0.922. The van der Waals surface area contributed by atoms with Crippen molar-refractivity contribution in [3.63, 3.8) is 0 Å². The first-order valence-corrected chi connectivity index (χ1v) is 7.81. The molecule has 23 heavy (non-hydrogen) atoms. The van der Waals surface area contributed by atoms with Crippen molar-refractivity contribution < 1.29 is 9.90 Å². The van der Waals surface area contributed by atoms with E-state index in [1.165, 1.54) is 12.5 Å². The molecule has 3 rings (SSSR count). The molecule has 1 fully saturated rings. The number of likely N-dealkylation sites (tertiary alicyclic amines) is 1. The van der Waals surface area contributed by atoms with Crippen molar-refractivity contribution in [1.82, 2.24) is 4.90 Å². The normalized spacial score (nSPS) is 14.3.